The molecule has 1 fully saturated rings. The Morgan fingerprint density at radius 1 is 1.12 bits per heavy atom. The molecule has 0 spiro atoms. The summed E-state index contributed by atoms with van der Waals surface area (Å²) in [5, 5.41) is 6.16. The van der Waals surface area contributed by atoms with Crippen LogP contribution in [0.15, 0.2) is 54.9 Å². The molecular formula is C25H30N6O3. The first kappa shape index (κ1) is 23.4. The number of hydrogen-bond acceptors (Lipinski definition) is 8. The number of ether oxygens (including phenoxy) is 2. The number of amides is 1. The van der Waals surface area contributed by atoms with E-state index < -0.39 is 0 Å². The second-order valence-corrected chi connectivity index (χ2v) is 9.01. The van der Waals surface area contributed by atoms with Gasteiger partial charge < -0.3 is 25.0 Å². The summed E-state index contributed by atoms with van der Waals surface area (Å²) in [7, 11) is 0. The van der Waals surface area contributed by atoms with Gasteiger partial charge in [-0.1, -0.05) is 12.1 Å². The van der Waals surface area contributed by atoms with Crippen molar-refractivity contribution < 1.29 is 14.3 Å². The van der Waals surface area contributed by atoms with Crippen LogP contribution in [0.5, 0.6) is 5.75 Å². The summed E-state index contributed by atoms with van der Waals surface area (Å²) in [4.78, 5) is 27.8. The van der Waals surface area contributed by atoms with Gasteiger partial charge in [-0.25, -0.2) is 15.0 Å². The molecule has 2 aromatic heterocycles. The molecule has 1 saturated heterocycles. The van der Waals surface area contributed by atoms with Crippen molar-refractivity contribution in [2.24, 2.45) is 0 Å². The number of nitrogens with zero attached hydrogens (tertiary/aromatic N) is 4. The first-order valence-electron chi connectivity index (χ1n) is 11.3. The predicted octanol–water partition coefficient (Wildman–Crippen LogP) is 3.41. The van der Waals surface area contributed by atoms with E-state index in [4.69, 9.17) is 9.47 Å². The highest BCUT2D eigenvalue weighted by Gasteiger charge is 2.15. The largest absolute Gasteiger partial charge is 0.484 e. The summed E-state index contributed by atoms with van der Waals surface area (Å²) in [6.07, 6.45) is 3.49. The van der Waals surface area contributed by atoms with Gasteiger partial charge in [-0.2, -0.15) is 0 Å². The van der Waals surface area contributed by atoms with Crippen LogP contribution >= 0.6 is 0 Å². The normalized spacial score (nSPS) is 13.9. The zero-order valence-corrected chi connectivity index (χ0v) is 19.7. The molecule has 9 nitrogen and oxygen atoms in total. The summed E-state index contributed by atoms with van der Waals surface area (Å²) in [5.41, 5.74) is 1.32. The Kier molecular flexibility index (Phi) is 7.22. The van der Waals surface area contributed by atoms with Crippen molar-refractivity contribution in [3.63, 3.8) is 0 Å². The van der Waals surface area contributed by atoms with E-state index in [2.05, 4.69) is 30.5 Å². The molecule has 1 amide bonds. The Morgan fingerprint density at radius 2 is 1.94 bits per heavy atom. The number of nitrogens with one attached hydrogen (secondary N) is 2. The minimum absolute atomic E-state index is 0.0589. The van der Waals surface area contributed by atoms with E-state index in [1.165, 1.54) is 0 Å². The molecule has 4 rings (SSSR count). The van der Waals surface area contributed by atoms with Gasteiger partial charge in [0.2, 0.25) is 0 Å². The molecule has 0 unspecified atom stereocenters. The molecule has 1 aliphatic heterocycles. The highest BCUT2D eigenvalue weighted by atomic mass is 16.5. The Hall–Kier alpha value is -3.72. The van der Waals surface area contributed by atoms with Crippen LogP contribution in [0.2, 0.25) is 0 Å². The highest BCUT2D eigenvalue weighted by Crippen LogP contribution is 2.23. The summed E-state index contributed by atoms with van der Waals surface area (Å²) in [6.45, 7) is 8.87. The van der Waals surface area contributed by atoms with E-state index in [0.29, 0.717) is 17.4 Å². The lowest BCUT2D eigenvalue weighted by atomic mass is 10.1. The molecule has 0 saturated carbocycles. The topological polar surface area (TPSA) is 102 Å². The van der Waals surface area contributed by atoms with E-state index in [-0.39, 0.29) is 18.1 Å². The van der Waals surface area contributed by atoms with Crippen molar-refractivity contribution in [2.45, 2.75) is 26.3 Å². The number of benzene rings is 1. The zero-order valence-electron chi connectivity index (χ0n) is 19.7. The lowest BCUT2D eigenvalue weighted by Gasteiger charge is -2.27. The van der Waals surface area contributed by atoms with Gasteiger partial charge in [-0.15, -0.1) is 0 Å². The van der Waals surface area contributed by atoms with E-state index in [1.54, 1.807) is 24.5 Å². The van der Waals surface area contributed by atoms with Crippen LogP contribution in [0.4, 0.5) is 17.3 Å². The maximum atomic E-state index is 12.0. The highest BCUT2D eigenvalue weighted by molar-refractivity contribution is 5.78. The number of carbonyl (C=O) groups excluding carboxylic acids is 1. The standard InChI is InChI=1S/C25H30N6O3/c1-25(2,3)30-23(32)17-34-20-6-4-5-18(15-20)24-26-10-9-21(29-24)28-19-7-8-22(27-16-19)31-11-13-33-14-12-31/h4-10,15-16H,11-14,17H2,1-3H3,(H,30,32)(H,26,28,29). The predicted molar refractivity (Wildman–Crippen MR) is 131 cm³/mol. The molecule has 1 aliphatic rings. The molecule has 3 aromatic rings. The van der Waals surface area contributed by atoms with Crippen LogP contribution in [-0.4, -0.2) is 59.3 Å². The molecule has 3 heterocycles. The second-order valence-electron chi connectivity index (χ2n) is 9.01. The van der Waals surface area contributed by atoms with Gasteiger partial charge in [0.25, 0.3) is 5.91 Å². The van der Waals surface area contributed by atoms with E-state index in [1.807, 2.05) is 51.1 Å². The molecule has 1 aromatic carbocycles. The van der Waals surface area contributed by atoms with Gasteiger partial charge >= 0.3 is 0 Å². The van der Waals surface area contributed by atoms with Crippen molar-refractivity contribution in [2.75, 3.05) is 43.1 Å². The van der Waals surface area contributed by atoms with Crippen molar-refractivity contribution in [1.82, 2.24) is 20.3 Å². The fourth-order valence-corrected chi connectivity index (χ4v) is 3.48. The quantitative estimate of drug-likeness (QED) is 0.551. The molecule has 2 N–H and O–H groups in total. The number of morpholine rings is 1. The minimum atomic E-state index is -0.304. The van der Waals surface area contributed by atoms with E-state index >= 15 is 0 Å². The van der Waals surface area contributed by atoms with E-state index in [9.17, 15) is 4.79 Å². The van der Waals surface area contributed by atoms with Crippen LogP contribution in [0.1, 0.15) is 20.8 Å². The molecule has 34 heavy (non-hydrogen) atoms. The van der Waals surface area contributed by atoms with Gasteiger partial charge in [0.05, 0.1) is 25.1 Å². The number of carbonyl (C=O) groups is 1. The van der Waals surface area contributed by atoms with Crippen molar-refractivity contribution in [3.05, 3.63) is 54.9 Å². The number of hydrogen-bond donors (Lipinski definition) is 2. The molecule has 0 atom stereocenters. The zero-order chi connectivity index (χ0) is 24.0. The molecule has 178 valence electrons. The van der Waals surface area contributed by atoms with Gasteiger partial charge in [0.1, 0.15) is 17.4 Å². The fraction of sp³-hybridized carbons (Fsp3) is 0.360. The van der Waals surface area contributed by atoms with Gasteiger partial charge in [-0.3, -0.25) is 4.79 Å². The summed E-state index contributed by atoms with van der Waals surface area (Å²) >= 11 is 0. The Bertz CT molecular complexity index is 1110. The molecule has 0 radical (unpaired) electrons. The average molecular weight is 463 g/mol. The minimum Gasteiger partial charge on any atom is -0.484 e. The van der Waals surface area contributed by atoms with Gasteiger partial charge in [0.15, 0.2) is 12.4 Å². The monoisotopic (exact) mass is 462 g/mol. The van der Waals surface area contributed by atoms with Crippen LogP contribution < -0.4 is 20.3 Å². The summed E-state index contributed by atoms with van der Waals surface area (Å²) in [6, 6.07) is 13.2. The molecule has 9 heteroatoms. The molecule has 0 aliphatic carbocycles. The van der Waals surface area contributed by atoms with Crippen molar-refractivity contribution in [3.8, 4) is 17.1 Å². The SMILES string of the molecule is CC(C)(C)NC(=O)COc1cccc(-c2nccc(Nc3ccc(N4CCOCC4)nc3)n2)c1. The third-order valence-corrected chi connectivity index (χ3v) is 4.99. The lowest BCUT2D eigenvalue weighted by molar-refractivity contribution is -0.124. The summed E-state index contributed by atoms with van der Waals surface area (Å²) < 4.78 is 11.1. The maximum absolute atomic E-state index is 12.0. The number of anilines is 3. The Labute approximate surface area is 199 Å². The lowest BCUT2D eigenvalue weighted by Crippen LogP contribution is -2.43. The van der Waals surface area contributed by atoms with Crippen molar-refractivity contribution >= 4 is 23.2 Å². The van der Waals surface area contributed by atoms with Crippen LogP contribution in [0.3, 0.4) is 0 Å². The van der Waals surface area contributed by atoms with E-state index in [0.717, 1.165) is 43.4 Å². The smallest absolute Gasteiger partial charge is 0.258 e. The van der Waals surface area contributed by atoms with Gasteiger partial charge in [-0.05, 0) is 51.1 Å². The third-order valence-electron chi connectivity index (χ3n) is 4.99. The van der Waals surface area contributed by atoms with Gasteiger partial charge in [0, 0.05) is 30.4 Å². The Balaban J connectivity index is 1.40. The Morgan fingerprint density at radius 3 is 2.68 bits per heavy atom. The van der Waals surface area contributed by atoms with Crippen LogP contribution in [0, 0.1) is 0 Å². The first-order chi connectivity index (χ1) is 16.4. The summed E-state index contributed by atoms with van der Waals surface area (Å²) in [5.74, 6) is 2.54. The van der Waals surface area contributed by atoms with Crippen LogP contribution in [0.25, 0.3) is 11.4 Å². The first-order valence-corrected chi connectivity index (χ1v) is 11.3. The average Bonchev–Trinajstić information content (AvgIpc) is 2.83. The number of rotatable bonds is 7. The maximum Gasteiger partial charge on any atom is 0.258 e. The molecule has 0 bridgehead atoms. The molecular weight excluding hydrogens is 432 g/mol. The fourth-order valence-electron chi connectivity index (χ4n) is 3.48. The van der Waals surface area contributed by atoms with Crippen molar-refractivity contribution in [1.29, 1.82) is 0 Å². The van der Waals surface area contributed by atoms with Crippen LogP contribution in [-0.2, 0) is 9.53 Å². The number of pyridine rings is 1. The number of aromatic nitrogens is 3. The second kappa shape index (κ2) is 10.5. The third kappa shape index (κ3) is 6.64.